The van der Waals surface area contributed by atoms with Gasteiger partial charge < -0.3 is 0 Å². The van der Waals surface area contributed by atoms with Crippen molar-refractivity contribution >= 4 is 24.1 Å². The molecule has 5 aromatic carbocycles. The van der Waals surface area contributed by atoms with E-state index in [4.69, 9.17) is 4.98 Å². The van der Waals surface area contributed by atoms with Crippen LogP contribution in [0.3, 0.4) is 0 Å². The van der Waals surface area contributed by atoms with Crippen molar-refractivity contribution < 1.29 is 0 Å². The molecule has 0 unspecified atom stereocenters. The average Bonchev–Trinajstić information content (AvgIpc) is 3.71. The molecule has 0 radical (unpaired) electrons. The van der Waals surface area contributed by atoms with Gasteiger partial charge in [-0.2, -0.15) is 0 Å². The minimum absolute atomic E-state index is 0.00484. The van der Waals surface area contributed by atoms with Crippen LogP contribution in [0, 0.1) is 13.8 Å². The van der Waals surface area contributed by atoms with Gasteiger partial charge in [-0.15, -0.1) is 0 Å². The van der Waals surface area contributed by atoms with Crippen molar-refractivity contribution in [2.45, 2.75) is 20.3 Å². The van der Waals surface area contributed by atoms with E-state index >= 15 is 0 Å². The quantitative estimate of drug-likeness (QED) is 0.170. The molecule has 5 heteroatoms. The fraction of sp³-hybridized carbons (Fsp3) is 0.0698. The zero-order valence-electron chi connectivity index (χ0n) is 26.6. The molecule has 48 heavy (non-hydrogen) atoms. The Morgan fingerprint density at radius 3 is 2.15 bits per heavy atom. The standard InChI is InChI=1S/C43H30N4Se/c1-26-23-33-31-18-10-9-17-30(31)24-34(33)38(27(26)2)40-32-19-11-12-20-37(32)48-43(40)42-41(36-21-22-45-47-46-36)39(29-15-7-4-8-16-29)35(25-44-42)28-13-5-3-6-14-28/h3-23,25H,24H2,1-2H3. The van der Waals surface area contributed by atoms with Crippen LogP contribution in [-0.2, 0) is 6.42 Å². The first-order valence-corrected chi connectivity index (χ1v) is 17.9. The molecule has 0 spiro atoms. The van der Waals surface area contributed by atoms with Gasteiger partial charge in [0, 0.05) is 0 Å². The van der Waals surface area contributed by atoms with Crippen LogP contribution in [0.4, 0.5) is 0 Å². The summed E-state index contributed by atoms with van der Waals surface area (Å²) >= 11 is 0.00484. The van der Waals surface area contributed by atoms with E-state index in [9.17, 15) is 0 Å². The number of nitrogens with zero attached hydrogens (tertiary/aromatic N) is 4. The Kier molecular flexibility index (Phi) is 6.97. The summed E-state index contributed by atoms with van der Waals surface area (Å²) in [5.74, 6) is 0. The van der Waals surface area contributed by atoms with Crippen molar-refractivity contribution in [3.8, 4) is 65.9 Å². The number of fused-ring (bicyclic) bond motifs is 4. The zero-order chi connectivity index (χ0) is 32.2. The van der Waals surface area contributed by atoms with E-state index < -0.39 is 0 Å². The van der Waals surface area contributed by atoms with Crippen molar-refractivity contribution in [2.24, 2.45) is 0 Å². The van der Waals surface area contributed by atoms with Crippen molar-refractivity contribution in [3.63, 3.8) is 0 Å². The zero-order valence-corrected chi connectivity index (χ0v) is 28.3. The van der Waals surface area contributed by atoms with Crippen LogP contribution < -0.4 is 0 Å². The molecular weight excluding hydrogens is 651 g/mol. The van der Waals surface area contributed by atoms with Gasteiger partial charge in [0.05, 0.1) is 0 Å². The molecule has 0 N–H and O–H groups in total. The van der Waals surface area contributed by atoms with Crippen LogP contribution in [0.5, 0.6) is 0 Å². The number of hydrogen-bond donors (Lipinski definition) is 0. The first kappa shape index (κ1) is 28.7. The molecule has 1 aliphatic rings. The van der Waals surface area contributed by atoms with Gasteiger partial charge in [-0.1, -0.05) is 0 Å². The third-order valence-electron chi connectivity index (χ3n) is 9.68. The molecule has 0 fully saturated rings. The maximum atomic E-state index is 5.41. The maximum absolute atomic E-state index is 5.41. The topological polar surface area (TPSA) is 51.6 Å². The molecule has 0 saturated carbocycles. The van der Waals surface area contributed by atoms with Gasteiger partial charge in [0.15, 0.2) is 0 Å². The van der Waals surface area contributed by atoms with E-state index in [2.05, 4.69) is 151 Å². The normalized spacial score (nSPS) is 11.9. The van der Waals surface area contributed by atoms with Gasteiger partial charge in [0.2, 0.25) is 0 Å². The minimum atomic E-state index is 0.00484. The summed E-state index contributed by atoms with van der Waals surface area (Å²) in [6.45, 7) is 4.55. The molecule has 0 bridgehead atoms. The molecule has 0 atom stereocenters. The summed E-state index contributed by atoms with van der Waals surface area (Å²) in [6.07, 6.45) is 4.72. The van der Waals surface area contributed by atoms with E-state index in [0.717, 1.165) is 45.6 Å². The van der Waals surface area contributed by atoms with Gasteiger partial charge in [-0.3, -0.25) is 0 Å². The number of pyridine rings is 1. The predicted octanol–water partition coefficient (Wildman–Crippen LogP) is 10.00. The molecule has 0 amide bonds. The molecule has 4 nitrogen and oxygen atoms in total. The van der Waals surface area contributed by atoms with Crippen molar-refractivity contribution in [1.82, 2.24) is 20.4 Å². The molecule has 1 aliphatic carbocycles. The second kappa shape index (κ2) is 11.6. The van der Waals surface area contributed by atoms with Crippen molar-refractivity contribution in [3.05, 3.63) is 156 Å². The Morgan fingerprint density at radius 1 is 0.625 bits per heavy atom. The Labute approximate surface area is 285 Å². The second-order valence-electron chi connectivity index (χ2n) is 12.4. The average molecular weight is 682 g/mol. The summed E-state index contributed by atoms with van der Waals surface area (Å²) in [5, 5.41) is 14.2. The molecule has 0 saturated heterocycles. The number of hydrogen-bond acceptors (Lipinski definition) is 4. The van der Waals surface area contributed by atoms with Crippen LogP contribution in [0.25, 0.3) is 75.5 Å². The molecule has 9 rings (SSSR count). The summed E-state index contributed by atoms with van der Waals surface area (Å²) in [6, 6.07) is 43.3. The summed E-state index contributed by atoms with van der Waals surface area (Å²) < 4.78 is 2.66. The third-order valence-corrected chi connectivity index (χ3v) is 12.1. The fourth-order valence-electron chi connectivity index (χ4n) is 7.37. The predicted molar refractivity (Wildman–Crippen MR) is 197 cm³/mol. The first-order valence-electron chi connectivity index (χ1n) is 16.2. The Balaban J connectivity index is 1.42. The molecule has 0 aliphatic heterocycles. The van der Waals surface area contributed by atoms with E-state index in [1.165, 1.54) is 58.6 Å². The number of aromatic nitrogens is 4. The second-order valence-corrected chi connectivity index (χ2v) is 14.6. The third kappa shape index (κ3) is 4.58. The van der Waals surface area contributed by atoms with E-state index in [1.54, 1.807) is 6.20 Å². The molecule has 3 heterocycles. The number of benzene rings is 5. The van der Waals surface area contributed by atoms with Crippen LogP contribution in [0.2, 0.25) is 0 Å². The SMILES string of the molecule is Cc1cc2c(c(-c3c(-c4ncc(-c5ccccc5)c(-c5ccccc5)c4-c4ccnnn4)[se]c4ccccc34)c1C)Cc1ccccc1-2. The van der Waals surface area contributed by atoms with Crippen molar-refractivity contribution in [2.75, 3.05) is 0 Å². The van der Waals surface area contributed by atoms with Gasteiger partial charge in [-0.25, -0.2) is 0 Å². The number of aryl methyl sites for hydroxylation is 1. The molecule has 228 valence electrons. The van der Waals surface area contributed by atoms with Crippen LogP contribution in [0.15, 0.2) is 134 Å². The molecular formula is C43H30N4Se. The van der Waals surface area contributed by atoms with Gasteiger partial charge in [-0.05, 0) is 0 Å². The number of rotatable bonds is 5. The van der Waals surface area contributed by atoms with Crippen LogP contribution in [0.1, 0.15) is 22.3 Å². The molecule has 8 aromatic rings. The van der Waals surface area contributed by atoms with Crippen LogP contribution >= 0.6 is 0 Å². The summed E-state index contributed by atoms with van der Waals surface area (Å²) in [7, 11) is 0. The first-order chi connectivity index (χ1) is 23.7. The Hall–Kier alpha value is -5.48. The van der Waals surface area contributed by atoms with Crippen LogP contribution in [-0.4, -0.2) is 34.9 Å². The van der Waals surface area contributed by atoms with E-state index in [-0.39, 0.29) is 14.5 Å². The fourth-order valence-corrected chi connectivity index (χ4v) is 9.91. The Bertz CT molecular complexity index is 2490. The monoisotopic (exact) mass is 682 g/mol. The van der Waals surface area contributed by atoms with E-state index in [1.807, 2.05) is 6.07 Å². The Morgan fingerprint density at radius 2 is 1.35 bits per heavy atom. The van der Waals surface area contributed by atoms with Crippen molar-refractivity contribution in [1.29, 1.82) is 0 Å². The summed E-state index contributed by atoms with van der Waals surface area (Å²) in [5.41, 5.74) is 17.9. The summed E-state index contributed by atoms with van der Waals surface area (Å²) in [4.78, 5) is 5.41. The van der Waals surface area contributed by atoms with Gasteiger partial charge in [0.25, 0.3) is 0 Å². The van der Waals surface area contributed by atoms with Gasteiger partial charge >= 0.3 is 287 Å². The molecule has 3 aromatic heterocycles. The van der Waals surface area contributed by atoms with E-state index in [0.29, 0.717) is 0 Å². The van der Waals surface area contributed by atoms with Gasteiger partial charge in [0.1, 0.15) is 0 Å².